The Bertz CT molecular complexity index is 236. The van der Waals surface area contributed by atoms with Gasteiger partial charge in [-0.15, -0.1) is 0 Å². The Morgan fingerprint density at radius 2 is 1.29 bits per heavy atom. The van der Waals surface area contributed by atoms with Crippen LogP contribution in [0.3, 0.4) is 0 Å². The summed E-state index contributed by atoms with van der Waals surface area (Å²) in [7, 11) is 0. The van der Waals surface area contributed by atoms with E-state index in [9.17, 15) is 4.79 Å². The first-order valence-electron chi connectivity index (χ1n) is 9.29. The summed E-state index contributed by atoms with van der Waals surface area (Å²) >= 11 is 0. The van der Waals surface area contributed by atoms with Crippen molar-refractivity contribution < 1.29 is 9.90 Å². The molecule has 1 atom stereocenters. The second-order valence-corrected chi connectivity index (χ2v) is 6.91. The molecule has 0 rings (SSSR count). The third-order valence-electron chi connectivity index (χ3n) is 4.59. The van der Waals surface area contributed by atoms with E-state index in [1.54, 1.807) is 0 Å². The quantitative estimate of drug-likeness (QED) is 0.353. The lowest BCUT2D eigenvalue weighted by molar-refractivity contribution is -0.137. The molecule has 0 aliphatic rings. The van der Waals surface area contributed by atoms with Gasteiger partial charge in [-0.05, 0) is 18.3 Å². The Morgan fingerprint density at radius 1 is 0.810 bits per heavy atom. The van der Waals surface area contributed by atoms with Gasteiger partial charge in [-0.2, -0.15) is 0 Å². The molecule has 0 aliphatic heterocycles. The highest BCUT2D eigenvalue weighted by molar-refractivity contribution is 5.66. The fraction of sp³-hybridized carbons (Fsp3) is 0.947. The fourth-order valence-electron chi connectivity index (χ4n) is 3.03. The minimum atomic E-state index is -0.655. The van der Waals surface area contributed by atoms with Crippen LogP contribution in [-0.4, -0.2) is 11.1 Å². The Kier molecular flexibility index (Phi) is 14.0. The molecule has 0 aromatic heterocycles. The molecule has 1 unspecified atom stereocenters. The van der Waals surface area contributed by atoms with Crippen LogP contribution in [0.1, 0.15) is 104 Å². The van der Waals surface area contributed by atoms with Crippen LogP contribution >= 0.6 is 0 Å². The molecule has 126 valence electrons. The maximum Gasteiger partial charge on any atom is 0.303 e. The number of hydrogen-bond donors (Lipinski definition) is 1. The van der Waals surface area contributed by atoms with E-state index in [4.69, 9.17) is 5.11 Å². The lowest BCUT2D eigenvalue weighted by Gasteiger charge is -2.20. The summed E-state index contributed by atoms with van der Waals surface area (Å²) in [4.78, 5) is 10.4. The van der Waals surface area contributed by atoms with E-state index in [1.165, 1.54) is 64.2 Å². The average Bonchev–Trinajstić information content (AvgIpc) is 2.43. The number of rotatable bonds is 15. The molecule has 0 aliphatic carbocycles. The Morgan fingerprint density at radius 3 is 1.76 bits per heavy atom. The topological polar surface area (TPSA) is 37.3 Å². The van der Waals surface area contributed by atoms with Crippen molar-refractivity contribution in [3.63, 3.8) is 0 Å². The Labute approximate surface area is 132 Å². The number of hydrogen-bond acceptors (Lipinski definition) is 1. The van der Waals surface area contributed by atoms with Crippen molar-refractivity contribution in [2.45, 2.75) is 104 Å². The molecule has 0 fully saturated rings. The Hall–Kier alpha value is -0.530. The third kappa shape index (κ3) is 14.2. The van der Waals surface area contributed by atoms with Gasteiger partial charge >= 0.3 is 5.97 Å². The molecular formula is C19H38O2. The van der Waals surface area contributed by atoms with E-state index >= 15 is 0 Å². The molecule has 0 saturated heterocycles. The summed E-state index contributed by atoms with van der Waals surface area (Å²) in [5.74, 6) is 1.08. The number of carboxylic acid groups (broad SMARTS) is 1. The standard InChI is InChI=1S/C19H38O2/c1-4-5-6-11-14-18(17(2)3)15-12-9-7-8-10-13-16-19(20)21/h17-18H,4-16H2,1-3H3,(H,20,21). The van der Waals surface area contributed by atoms with E-state index in [0.717, 1.165) is 24.7 Å². The van der Waals surface area contributed by atoms with Crippen LogP contribution < -0.4 is 0 Å². The summed E-state index contributed by atoms with van der Waals surface area (Å²) in [6, 6.07) is 0. The molecule has 2 heteroatoms. The molecule has 1 N–H and O–H groups in total. The van der Waals surface area contributed by atoms with E-state index in [-0.39, 0.29) is 0 Å². The van der Waals surface area contributed by atoms with Gasteiger partial charge in [0.2, 0.25) is 0 Å². The van der Waals surface area contributed by atoms with E-state index in [2.05, 4.69) is 20.8 Å². The second kappa shape index (κ2) is 14.4. The molecule has 0 aromatic carbocycles. The van der Waals surface area contributed by atoms with Crippen molar-refractivity contribution in [2.75, 3.05) is 0 Å². The largest absolute Gasteiger partial charge is 0.481 e. The summed E-state index contributed by atoms with van der Waals surface area (Å²) in [5, 5.41) is 8.57. The zero-order valence-corrected chi connectivity index (χ0v) is 14.7. The molecular weight excluding hydrogens is 260 g/mol. The van der Waals surface area contributed by atoms with Crippen molar-refractivity contribution in [3.05, 3.63) is 0 Å². The number of aliphatic carboxylic acids is 1. The smallest absolute Gasteiger partial charge is 0.303 e. The van der Waals surface area contributed by atoms with Crippen LogP contribution in [0.2, 0.25) is 0 Å². The maximum atomic E-state index is 10.4. The van der Waals surface area contributed by atoms with Crippen molar-refractivity contribution >= 4 is 5.97 Å². The van der Waals surface area contributed by atoms with Gasteiger partial charge in [-0.25, -0.2) is 0 Å². The molecule has 0 bridgehead atoms. The van der Waals surface area contributed by atoms with Gasteiger partial charge < -0.3 is 5.11 Å². The van der Waals surface area contributed by atoms with E-state index < -0.39 is 5.97 Å². The van der Waals surface area contributed by atoms with Gasteiger partial charge in [-0.3, -0.25) is 4.79 Å². The van der Waals surface area contributed by atoms with Crippen LogP contribution in [0, 0.1) is 11.8 Å². The highest BCUT2D eigenvalue weighted by Gasteiger charge is 2.12. The third-order valence-corrected chi connectivity index (χ3v) is 4.59. The molecule has 0 radical (unpaired) electrons. The first-order valence-corrected chi connectivity index (χ1v) is 9.29. The van der Waals surface area contributed by atoms with Gasteiger partial charge in [0, 0.05) is 6.42 Å². The first-order chi connectivity index (χ1) is 10.1. The summed E-state index contributed by atoms with van der Waals surface area (Å²) in [5.41, 5.74) is 0. The van der Waals surface area contributed by atoms with Gasteiger partial charge in [0.25, 0.3) is 0 Å². The van der Waals surface area contributed by atoms with E-state index in [1.807, 2.05) is 0 Å². The molecule has 21 heavy (non-hydrogen) atoms. The lowest BCUT2D eigenvalue weighted by atomic mass is 9.85. The predicted molar refractivity (Wildman–Crippen MR) is 91.7 cm³/mol. The average molecular weight is 299 g/mol. The van der Waals surface area contributed by atoms with Crippen LogP contribution in [0.4, 0.5) is 0 Å². The lowest BCUT2D eigenvalue weighted by Crippen LogP contribution is -2.08. The molecule has 0 amide bonds. The van der Waals surface area contributed by atoms with Crippen molar-refractivity contribution in [1.29, 1.82) is 0 Å². The normalized spacial score (nSPS) is 12.8. The SMILES string of the molecule is CCCCCCC(CCCCCCCCC(=O)O)C(C)C. The highest BCUT2D eigenvalue weighted by atomic mass is 16.4. The summed E-state index contributed by atoms with van der Waals surface area (Å²) in [6.45, 7) is 7.02. The molecule has 0 saturated carbocycles. The maximum absolute atomic E-state index is 10.4. The van der Waals surface area contributed by atoms with Crippen LogP contribution in [0.15, 0.2) is 0 Å². The van der Waals surface area contributed by atoms with Crippen LogP contribution in [-0.2, 0) is 4.79 Å². The zero-order valence-electron chi connectivity index (χ0n) is 14.7. The number of carboxylic acids is 1. The minimum absolute atomic E-state index is 0.340. The first kappa shape index (κ1) is 20.5. The minimum Gasteiger partial charge on any atom is -0.481 e. The fourth-order valence-corrected chi connectivity index (χ4v) is 3.03. The van der Waals surface area contributed by atoms with Crippen molar-refractivity contribution in [3.8, 4) is 0 Å². The summed E-state index contributed by atoms with van der Waals surface area (Å²) in [6.07, 6.45) is 15.8. The Balaban J connectivity index is 3.49. The monoisotopic (exact) mass is 298 g/mol. The van der Waals surface area contributed by atoms with Crippen molar-refractivity contribution in [1.82, 2.24) is 0 Å². The van der Waals surface area contributed by atoms with Gasteiger partial charge in [-0.1, -0.05) is 91.4 Å². The van der Waals surface area contributed by atoms with Crippen molar-refractivity contribution in [2.24, 2.45) is 11.8 Å². The predicted octanol–water partition coefficient (Wildman–Crippen LogP) is 6.43. The zero-order chi connectivity index (χ0) is 15.9. The van der Waals surface area contributed by atoms with Crippen LogP contribution in [0.5, 0.6) is 0 Å². The summed E-state index contributed by atoms with van der Waals surface area (Å²) < 4.78 is 0. The second-order valence-electron chi connectivity index (χ2n) is 6.91. The van der Waals surface area contributed by atoms with Crippen LogP contribution in [0.25, 0.3) is 0 Å². The van der Waals surface area contributed by atoms with Gasteiger partial charge in [0.1, 0.15) is 0 Å². The van der Waals surface area contributed by atoms with Gasteiger partial charge in [0.15, 0.2) is 0 Å². The molecule has 0 aromatic rings. The van der Waals surface area contributed by atoms with E-state index in [0.29, 0.717) is 6.42 Å². The molecule has 0 spiro atoms. The highest BCUT2D eigenvalue weighted by Crippen LogP contribution is 2.25. The molecule has 0 heterocycles. The number of carbonyl (C=O) groups is 1. The van der Waals surface area contributed by atoms with Gasteiger partial charge in [0.05, 0.1) is 0 Å². The molecule has 2 nitrogen and oxygen atoms in total. The number of unbranched alkanes of at least 4 members (excludes halogenated alkanes) is 8.